The van der Waals surface area contributed by atoms with Gasteiger partial charge in [0, 0.05) is 19.0 Å². The van der Waals surface area contributed by atoms with Crippen LogP contribution in [0.1, 0.15) is 18.4 Å². The minimum atomic E-state index is -4.52. The third-order valence-corrected chi connectivity index (χ3v) is 4.05. The van der Waals surface area contributed by atoms with Crippen LogP contribution in [-0.2, 0) is 11.0 Å². The Labute approximate surface area is 135 Å². The summed E-state index contributed by atoms with van der Waals surface area (Å²) in [7, 11) is 0. The average molecular weight is 350 g/mol. The van der Waals surface area contributed by atoms with Gasteiger partial charge in [0.1, 0.15) is 0 Å². The number of primary amides is 1. The minimum absolute atomic E-state index is 0.0124. The molecule has 3 amide bonds. The molecule has 126 valence electrons. The predicted octanol–water partition coefficient (Wildman–Crippen LogP) is 3.09. The minimum Gasteiger partial charge on any atom is -0.369 e. The fraction of sp³-hybridized carbons (Fsp3) is 0.429. The zero-order valence-electron chi connectivity index (χ0n) is 12.0. The fourth-order valence-corrected chi connectivity index (χ4v) is 2.52. The molecular weight excluding hydrogens is 335 g/mol. The number of amides is 3. The monoisotopic (exact) mass is 349 g/mol. The maximum absolute atomic E-state index is 12.7. The van der Waals surface area contributed by atoms with Crippen molar-refractivity contribution in [2.75, 3.05) is 18.4 Å². The van der Waals surface area contributed by atoms with Crippen LogP contribution in [0.2, 0.25) is 5.02 Å². The number of hydrogen-bond donors (Lipinski definition) is 2. The van der Waals surface area contributed by atoms with Crippen molar-refractivity contribution in [1.29, 1.82) is 0 Å². The lowest BCUT2D eigenvalue weighted by molar-refractivity contribution is -0.137. The summed E-state index contributed by atoms with van der Waals surface area (Å²) in [4.78, 5) is 24.6. The molecule has 1 saturated heterocycles. The smallest absolute Gasteiger partial charge is 0.369 e. The summed E-state index contributed by atoms with van der Waals surface area (Å²) in [5.41, 5.74) is 4.20. The van der Waals surface area contributed by atoms with Crippen LogP contribution in [-0.4, -0.2) is 29.9 Å². The zero-order chi connectivity index (χ0) is 17.2. The highest BCUT2D eigenvalue weighted by Gasteiger charge is 2.31. The summed E-state index contributed by atoms with van der Waals surface area (Å²) in [6.07, 6.45) is -3.66. The molecule has 9 heteroatoms. The second kappa shape index (κ2) is 6.66. The quantitative estimate of drug-likeness (QED) is 0.861. The highest BCUT2D eigenvalue weighted by molar-refractivity contribution is 6.33. The van der Waals surface area contributed by atoms with Crippen LogP contribution in [0.15, 0.2) is 18.2 Å². The van der Waals surface area contributed by atoms with Crippen molar-refractivity contribution in [2.45, 2.75) is 19.0 Å². The number of halogens is 4. The van der Waals surface area contributed by atoms with Gasteiger partial charge >= 0.3 is 12.2 Å². The molecule has 1 aliphatic rings. The van der Waals surface area contributed by atoms with Gasteiger partial charge in [-0.25, -0.2) is 4.79 Å². The third-order valence-electron chi connectivity index (χ3n) is 3.72. The summed E-state index contributed by atoms with van der Waals surface area (Å²) in [5.74, 6) is -0.692. The Kier molecular flexibility index (Phi) is 5.03. The first-order chi connectivity index (χ1) is 10.7. The predicted molar refractivity (Wildman–Crippen MR) is 79.0 cm³/mol. The van der Waals surface area contributed by atoms with E-state index in [9.17, 15) is 22.8 Å². The molecule has 0 aromatic heterocycles. The number of likely N-dealkylation sites (tertiary alicyclic amines) is 1. The van der Waals surface area contributed by atoms with Gasteiger partial charge in [0.25, 0.3) is 0 Å². The van der Waals surface area contributed by atoms with Gasteiger partial charge in [-0.15, -0.1) is 0 Å². The van der Waals surface area contributed by atoms with Crippen LogP contribution in [0.5, 0.6) is 0 Å². The van der Waals surface area contributed by atoms with Crippen LogP contribution in [0.25, 0.3) is 0 Å². The van der Waals surface area contributed by atoms with E-state index in [-0.39, 0.29) is 16.6 Å². The van der Waals surface area contributed by atoms with E-state index < -0.39 is 23.7 Å². The Bertz CT molecular complexity index is 614. The largest absolute Gasteiger partial charge is 0.416 e. The number of carbonyl (C=O) groups is 2. The van der Waals surface area contributed by atoms with Crippen LogP contribution < -0.4 is 11.1 Å². The summed E-state index contributed by atoms with van der Waals surface area (Å²) in [6, 6.07) is 2.15. The van der Waals surface area contributed by atoms with Gasteiger partial charge < -0.3 is 16.0 Å². The Hall–Kier alpha value is -1.96. The lowest BCUT2D eigenvalue weighted by Gasteiger charge is -2.30. The van der Waals surface area contributed by atoms with Gasteiger partial charge in [0.05, 0.1) is 16.3 Å². The molecule has 3 N–H and O–H groups in total. The zero-order valence-corrected chi connectivity index (χ0v) is 12.7. The van der Waals surface area contributed by atoms with E-state index in [4.69, 9.17) is 17.3 Å². The molecule has 0 aliphatic carbocycles. The molecule has 0 unspecified atom stereocenters. The van der Waals surface area contributed by atoms with Crippen molar-refractivity contribution in [2.24, 2.45) is 11.7 Å². The second-order valence-corrected chi connectivity index (χ2v) is 5.69. The third kappa shape index (κ3) is 4.28. The van der Waals surface area contributed by atoms with E-state index in [1.807, 2.05) is 0 Å². The first-order valence-electron chi connectivity index (χ1n) is 6.90. The van der Waals surface area contributed by atoms with Crippen LogP contribution in [0.3, 0.4) is 0 Å². The summed E-state index contributed by atoms with van der Waals surface area (Å²) in [5, 5.41) is 2.39. The Morgan fingerprint density at radius 2 is 1.87 bits per heavy atom. The standard InChI is InChI=1S/C14H15ClF3N3O2/c15-10-2-1-9(14(16,17)18)7-11(10)20-13(23)21-5-3-8(4-6-21)12(19)22/h1-2,7-8H,3-6H2,(H2,19,22)(H,20,23). The average Bonchev–Trinajstić information content (AvgIpc) is 2.48. The maximum Gasteiger partial charge on any atom is 0.416 e. The molecule has 1 fully saturated rings. The van der Waals surface area contributed by atoms with Crippen molar-refractivity contribution in [3.63, 3.8) is 0 Å². The Morgan fingerprint density at radius 3 is 2.39 bits per heavy atom. The number of nitrogens with zero attached hydrogens (tertiary/aromatic N) is 1. The topological polar surface area (TPSA) is 75.4 Å². The lowest BCUT2D eigenvalue weighted by Crippen LogP contribution is -2.43. The molecule has 0 bridgehead atoms. The van der Waals surface area contributed by atoms with Crippen LogP contribution >= 0.6 is 11.6 Å². The van der Waals surface area contributed by atoms with Crippen molar-refractivity contribution in [3.8, 4) is 0 Å². The van der Waals surface area contributed by atoms with E-state index in [1.165, 1.54) is 4.90 Å². The molecule has 1 aromatic rings. The fourth-order valence-electron chi connectivity index (χ4n) is 2.36. The number of piperidine rings is 1. The molecule has 0 radical (unpaired) electrons. The van der Waals surface area contributed by atoms with E-state index in [0.29, 0.717) is 25.9 Å². The van der Waals surface area contributed by atoms with Crippen molar-refractivity contribution in [3.05, 3.63) is 28.8 Å². The summed E-state index contributed by atoms with van der Waals surface area (Å²) in [6.45, 7) is 0.603. The number of urea groups is 1. The van der Waals surface area contributed by atoms with Gasteiger partial charge in [-0.2, -0.15) is 13.2 Å². The van der Waals surface area contributed by atoms with Gasteiger partial charge in [-0.05, 0) is 31.0 Å². The van der Waals surface area contributed by atoms with Crippen molar-refractivity contribution in [1.82, 2.24) is 4.90 Å². The number of benzene rings is 1. The van der Waals surface area contributed by atoms with Gasteiger partial charge in [-0.3, -0.25) is 4.79 Å². The number of nitrogens with one attached hydrogen (secondary N) is 1. The molecular formula is C14H15ClF3N3O2. The first kappa shape index (κ1) is 17.4. The highest BCUT2D eigenvalue weighted by atomic mass is 35.5. The van der Waals surface area contributed by atoms with Crippen LogP contribution in [0.4, 0.5) is 23.7 Å². The van der Waals surface area contributed by atoms with E-state index >= 15 is 0 Å². The molecule has 2 rings (SSSR count). The highest BCUT2D eigenvalue weighted by Crippen LogP contribution is 2.34. The van der Waals surface area contributed by atoms with Gasteiger partial charge in [0.15, 0.2) is 0 Å². The molecule has 1 aromatic carbocycles. The molecule has 1 aliphatic heterocycles. The van der Waals surface area contributed by atoms with Crippen molar-refractivity contribution >= 4 is 29.2 Å². The lowest BCUT2D eigenvalue weighted by atomic mass is 9.96. The summed E-state index contributed by atoms with van der Waals surface area (Å²) >= 11 is 5.83. The van der Waals surface area contributed by atoms with Gasteiger partial charge in [0.2, 0.25) is 5.91 Å². The van der Waals surface area contributed by atoms with E-state index in [2.05, 4.69) is 5.32 Å². The number of rotatable bonds is 2. The first-order valence-corrected chi connectivity index (χ1v) is 7.28. The Balaban J connectivity index is 2.05. The van der Waals surface area contributed by atoms with E-state index in [1.54, 1.807) is 0 Å². The number of hydrogen-bond acceptors (Lipinski definition) is 2. The van der Waals surface area contributed by atoms with Crippen molar-refractivity contribution < 1.29 is 22.8 Å². The SMILES string of the molecule is NC(=O)C1CCN(C(=O)Nc2cc(C(F)(F)F)ccc2Cl)CC1. The maximum atomic E-state index is 12.7. The second-order valence-electron chi connectivity index (χ2n) is 5.29. The molecule has 5 nitrogen and oxygen atoms in total. The molecule has 23 heavy (non-hydrogen) atoms. The molecule has 1 heterocycles. The van der Waals surface area contributed by atoms with Crippen LogP contribution in [0, 0.1) is 5.92 Å². The number of alkyl halides is 3. The summed E-state index contributed by atoms with van der Waals surface area (Å²) < 4.78 is 38.1. The Morgan fingerprint density at radius 1 is 1.26 bits per heavy atom. The van der Waals surface area contributed by atoms with E-state index in [0.717, 1.165) is 18.2 Å². The molecule has 0 saturated carbocycles. The molecule has 0 atom stereocenters. The van der Waals surface area contributed by atoms with Gasteiger partial charge in [-0.1, -0.05) is 11.6 Å². The number of anilines is 1. The number of carbonyl (C=O) groups excluding carboxylic acids is 2. The normalized spacial score (nSPS) is 16.3. The molecule has 0 spiro atoms. The number of nitrogens with two attached hydrogens (primary N) is 1.